The van der Waals surface area contributed by atoms with E-state index in [1.807, 2.05) is 19.1 Å². The topological polar surface area (TPSA) is 37.4 Å². The SMILES string of the molecule is Cc1cccc2c1N(S(C)(=O)=O)C1CCCCC21. The number of para-hydroxylation sites is 1. The van der Waals surface area contributed by atoms with Gasteiger partial charge in [0.2, 0.25) is 10.0 Å². The minimum absolute atomic E-state index is 0.157. The minimum atomic E-state index is -3.18. The van der Waals surface area contributed by atoms with E-state index in [1.165, 1.54) is 18.2 Å². The Labute approximate surface area is 109 Å². The quantitative estimate of drug-likeness (QED) is 0.783. The van der Waals surface area contributed by atoms with Gasteiger partial charge in [-0.1, -0.05) is 31.0 Å². The van der Waals surface area contributed by atoms with Gasteiger partial charge in [-0.15, -0.1) is 0 Å². The molecule has 1 heterocycles. The third-order valence-corrected chi connectivity index (χ3v) is 5.44. The fraction of sp³-hybridized carbons (Fsp3) is 0.571. The summed E-state index contributed by atoms with van der Waals surface area (Å²) in [4.78, 5) is 0. The van der Waals surface area contributed by atoms with Gasteiger partial charge >= 0.3 is 0 Å². The van der Waals surface area contributed by atoms with Gasteiger partial charge in [0.05, 0.1) is 18.0 Å². The lowest BCUT2D eigenvalue weighted by Gasteiger charge is -2.32. The Kier molecular flexibility index (Phi) is 2.66. The standard InChI is InChI=1S/C14H19NO2S/c1-10-6-5-8-12-11-7-3-4-9-13(11)15(14(10)12)18(2,16)17/h5-6,8,11,13H,3-4,7,9H2,1-2H3. The lowest BCUT2D eigenvalue weighted by Crippen LogP contribution is -2.40. The third kappa shape index (κ3) is 1.66. The third-order valence-electron chi connectivity index (χ3n) is 4.28. The minimum Gasteiger partial charge on any atom is -0.266 e. The van der Waals surface area contributed by atoms with Crippen molar-refractivity contribution in [3.8, 4) is 0 Å². The first-order chi connectivity index (χ1) is 8.50. The molecule has 1 fully saturated rings. The van der Waals surface area contributed by atoms with E-state index in [2.05, 4.69) is 6.07 Å². The number of rotatable bonds is 1. The molecule has 3 rings (SSSR count). The molecule has 0 aromatic heterocycles. The first-order valence-corrected chi connectivity index (χ1v) is 8.44. The molecule has 98 valence electrons. The number of anilines is 1. The van der Waals surface area contributed by atoms with Crippen LogP contribution in [0.4, 0.5) is 5.69 Å². The van der Waals surface area contributed by atoms with Crippen LogP contribution in [0.5, 0.6) is 0 Å². The van der Waals surface area contributed by atoms with Crippen molar-refractivity contribution in [2.24, 2.45) is 0 Å². The van der Waals surface area contributed by atoms with E-state index < -0.39 is 10.0 Å². The van der Waals surface area contributed by atoms with Crippen molar-refractivity contribution in [2.75, 3.05) is 10.6 Å². The van der Waals surface area contributed by atoms with Gasteiger partial charge in [0.15, 0.2) is 0 Å². The summed E-state index contributed by atoms with van der Waals surface area (Å²) >= 11 is 0. The lowest BCUT2D eigenvalue weighted by molar-refractivity contribution is 0.405. The second kappa shape index (κ2) is 3.98. The maximum atomic E-state index is 12.1. The van der Waals surface area contributed by atoms with Crippen molar-refractivity contribution in [3.63, 3.8) is 0 Å². The molecular formula is C14H19NO2S. The van der Waals surface area contributed by atoms with Gasteiger partial charge in [0.1, 0.15) is 0 Å². The summed E-state index contributed by atoms with van der Waals surface area (Å²) in [5.74, 6) is 0.406. The molecule has 0 N–H and O–H groups in total. The molecule has 4 heteroatoms. The highest BCUT2D eigenvalue weighted by Gasteiger charge is 2.44. The van der Waals surface area contributed by atoms with E-state index in [0.29, 0.717) is 5.92 Å². The second-order valence-corrected chi connectivity index (χ2v) is 7.39. The Bertz CT molecular complexity index is 579. The van der Waals surface area contributed by atoms with Gasteiger partial charge in [-0.2, -0.15) is 0 Å². The number of aryl methyl sites for hydroxylation is 1. The molecule has 1 aliphatic heterocycles. The average Bonchev–Trinajstić information content (AvgIpc) is 2.65. The molecule has 0 bridgehead atoms. The van der Waals surface area contributed by atoms with Crippen LogP contribution in [0.25, 0.3) is 0 Å². The molecule has 1 aromatic carbocycles. The number of fused-ring (bicyclic) bond motifs is 3. The van der Waals surface area contributed by atoms with Crippen LogP contribution in [0.15, 0.2) is 18.2 Å². The van der Waals surface area contributed by atoms with Crippen LogP contribution in [0.3, 0.4) is 0 Å². The van der Waals surface area contributed by atoms with Crippen LogP contribution in [0.2, 0.25) is 0 Å². The predicted octanol–water partition coefficient (Wildman–Crippen LogP) is 2.80. The van der Waals surface area contributed by atoms with Crippen molar-refractivity contribution >= 4 is 15.7 Å². The zero-order valence-corrected chi connectivity index (χ0v) is 11.7. The predicted molar refractivity (Wildman–Crippen MR) is 73.5 cm³/mol. The van der Waals surface area contributed by atoms with E-state index in [1.54, 1.807) is 4.31 Å². The molecule has 0 saturated heterocycles. The highest BCUT2D eigenvalue weighted by Crippen LogP contribution is 2.49. The zero-order chi connectivity index (χ0) is 12.9. The molecule has 18 heavy (non-hydrogen) atoms. The summed E-state index contributed by atoms with van der Waals surface area (Å²) < 4.78 is 26.0. The van der Waals surface area contributed by atoms with Gasteiger partial charge in [-0.05, 0) is 30.9 Å². The maximum Gasteiger partial charge on any atom is 0.232 e. The van der Waals surface area contributed by atoms with Gasteiger partial charge in [-0.25, -0.2) is 8.42 Å². The van der Waals surface area contributed by atoms with Gasteiger partial charge in [-0.3, -0.25) is 4.31 Å². The number of benzene rings is 1. The highest BCUT2D eigenvalue weighted by atomic mass is 32.2. The Morgan fingerprint density at radius 3 is 2.67 bits per heavy atom. The van der Waals surface area contributed by atoms with Crippen LogP contribution in [0.1, 0.15) is 42.7 Å². The van der Waals surface area contributed by atoms with Gasteiger partial charge in [0, 0.05) is 5.92 Å². The van der Waals surface area contributed by atoms with Crippen LogP contribution < -0.4 is 4.31 Å². The molecule has 2 aliphatic rings. The van der Waals surface area contributed by atoms with Crippen molar-refractivity contribution in [3.05, 3.63) is 29.3 Å². The van der Waals surface area contributed by atoms with Gasteiger partial charge in [0.25, 0.3) is 0 Å². The Morgan fingerprint density at radius 1 is 1.22 bits per heavy atom. The first-order valence-electron chi connectivity index (χ1n) is 6.59. The van der Waals surface area contributed by atoms with Crippen molar-refractivity contribution in [1.82, 2.24) is 0 Å². The molecule has 2 unspecified atom stereocenters. The number of nitrogens with zero attached hydrogens (tertiary/aromatic N) is 1. The number of hydrogen-bond donors (Lipinski definition) is 0. The molecule has 1 aromatic rings. The normalized spacial score (nSPS) is 26.9. The first kappa shape index (κ1) is 12.0. The second-order valence-electron chi connectivity index (χ2n) is 5.53. The zero-order valence-electron chi connectivity index (χ0n) is 10.9. The van der Waals surface area contributed by atoms with Crippen molar-refractivity contribution in [1.29, 1.82) is 0 Å². The van der Waals surface area contributed by atoms with E-state index in [9.17, 15) is 8.42 Å². The largest absolute Gasteiger partial charge is 0.266 e. The van der Waals surface area contributed by atoms with Crippen molar-refractivity contribution < 1.29 is 8.42 Å². The summed E-state index contributed by atoms with van der Waals surface area (Å²) in [7, 11) is -3.18. The van der Waals surface area contributed by atoms with Crippen LogP contribution in [-0.4, -0.2) is 20.7 Å². The maximum absolute atomic E-state index is 12.1. The van der Waals surface area contributed by atoms with Crippen LogP contribution >= 0.6 is 0 Å². The molecule has 1 aliphatic carbocycles. The molecule has 1 saturated carbocycles. The Morgan fingerprint density at radius 2 is 1.94 bits per heavy atom. The molecule has 2 atom stereocenters. The van der Waals surface area contributed by atoms with E-state index >= 15 is 0 Å². The van der Waals surface area contributed by atoms with E-state index in [0.717, 1.165) is 30.5 Å². The average molecular weight is 265 g/mol. The summed E-state index contributed by atoms with van der Waals surface area (Å²) in [6.07, 6.45) is 5.80. The van der Waals surface area contributed by atoms with Crippen LogP contribution in [-0.2, 0) is 10.0 Å². The summed E-state index contributed by atoms with van der Waals surface area (Å²) in [6, 6.07) is 6.32. The van der Waals surface area contributed by atoms with E-state index in [4.69, 9.17) is 0 Å². The summed E-state index contributed by atoms with van der Waals surface area (Å²) in [5.41, 5.74) is 3.27. The highest BCUT2D eigenvalue weighted by molar-refractivity contribution is 7.92. The summed E-state index contributed by atoms with van der Waals surface area (Å²) in [6.45, 7) is 2.01. The smallest absolute Gasteiger partial charge is 0.232 e. The van der Waals surface area contributed by atoms with Crippen LogP contribution in [0, 0.1) is 6.92 Å². The molecule has 0 radical (unpaired) electrons. The molecular weight excluding hydrogens is 246 g/mol. The van der Waals surface area contributed by atoms with Crippen molar-refractivity contribution in [2.45, 2.75) is 44.6 Å². The number of hydrogen-bond acceptors (Lipinski definition) is 2. The fourth-order valence-electron chi connectivity index (χ4n) is 3.61. The Balaban J connectivity index is 2.21. The van der Waals surface area contributed by atoms with Gasteiger partial charge < -0.3 is 0 Å². The molecule has 0 amide bonds. The lowest BCUT2D eigenvalue weighted by atomic mass is 9.82. The Hall–Kier alpha value is -1.03. The summed E-state index contributed by atoms with van der Waals surface area (Å²) in [5, 5.41) is 0. The fourth-order valence-corrected chi connectivity index (χ4v) is 4.94. The van der Waals surface area contributed by atoms with E-state index in [-0.39, 0.29) is 6.04 Å². The molecule has 0 spiro atoms. The monoisotopic (exact) mass is 265 g/mol. The number of sulfonamides is 1. The molecule has 3 nitrogen and oxygen atoms in total.